The van der Waals surface area contributed by atoms with E-state index in [0.29, 0.717) is 0 Å². The molecular formula is C16H25NO2. The summed E-state index contributed by atoms with van der Waals surface area (Å²) in [7, 11) is 0. The van der Waals surface area contributed by atoms with Crippen LogP contribution in [0.2, 0.25) is 0 Å². The second-order valence-corrected chi connectivity index (χ2v) is 5.36. The van der Waals surface area contributed by atoms with Crippen LogP contribution in [0, 0.1) is 13.8 Å². The number of aryl methyl sites for hydroxylation is 2. The van der Waals surface area contributed by atoms with Crippen molar-refractivity contribution < 1.29 is 9.90 Å². The summed E-state index contributed by atoms with van der Waals surface area (Å²) >= 11 is 0. The molecule has 2 unspecified atom stereocenters. The third-order valence-corrected chi connectivity index (χ3v) is 3.85. The highest BCUT2D eigenvalue weighted by atomic mass is 16.4. The zero-order valence-corrected chi connectivity index (χ0v) is 12.6. The molecule has 0 fully saturated rings. The van der Waals surface area contributed by atoms with Gasteiger partial charge in [-0.1, -0.05) is 30.7 Å². The zero-order chi connectivity index (χ0) is 14.6. The molecule has 2 atom stereocenters. The maximum atomic E-state index is 11.1. The van der Waals surface area contributed by atoms with Gasteiger partial charge in [0.05, 0.1) is 6.54 Å². The molecule has 0 aromatic heterocycles. The average molecular weight is 263 g/mol. The molecule has 0 bridgehead atoms. The number of benzene rings is 1. The third-order valence-electron chi connectivity index (χ3n) is 3.85. The molecule has 0 saturated carbocycles. The maximum absolute atomic E-state index is 11.1. The summed E-state index contributed by atoms with van der Waals surface area (Å²) in [6.45, 7) is 10.5. The molecule has 0 heterocycles. The van der Waals surface area contributed by atoms with Crippen molar-refractivity contribution in [1.82, 2.24) is 4.90 Å². The molecule has 106 valence electrons. The Morgan fingerprint density at radius 1 is 1.32 bits per heavy atom. The molecule has 3 nitrogen and oxygen atoms in total. The fourth-order valence-electron chi connectivity index (χ4n) is 2.54. The second-order valence-electron chi connectivity index (χ2n) is 5.36. The molecule has 3 heteroatoms. The number of carboxylic acid groups (broad SMARTS) is 1. The van der Waals surface area contributed by atoms with E-state index in [9.17, 15) is 4.79 Å². The van der Waals surface area contributed by atoms with Gasteiger partial charge in [-0.05, 0) is 45.2 Å². The summed E-state index contributed by atoms with van der Waals surface area (Å²) < 4.78 is 0. The average Bonchev–Trinajstić information content (AvgIpc) is 2.34. The number of carboxylic acids is 1. The zero-order valence-electron chi connectivity index (χ0n) is 12.6. The van der Waals surface area contributed by atoms with E-state index in [-0.39, 0.29) is 18.6 Å². The van der Waals surface area contributed by atoms with Crippen LogP contribution in [0.25, 0.3) is 0 Å². The van der Waals surface area contributed by atoms with E-state index in [2.05, 4.69) is 57.7 Å². The Morgan fingerprint density at radius 3 is 2.42 bits per heavy atom. The van der Waals surface area contributed by atoms with Crippen molar-refractivity contribution in [2.45, 2.75) is 53.1 Å². The molecule has 0 amide bonds. The number of aliphatic carboxylic acids is 1. The number of nitrogens with zero attached hydrogens (tertiary/aromatic N) is 1. The molecule has 0 aliphatic carbocycles. The number of carbonyl (C=O) groups is 1. The minimum atomic E-state index is -0.767. The molecule has 1 N–H and O–H groups in total. The molecular weight excluding hydrogens is 238 g/mol. The van der Waals surface area contributed by atoms with E-state index >= 15 is 0 Å². The van der Waals surface area contributed by atoms with E-state index in [1.54, 1.807) is 0 Å². The molecule has 19 heavy (non-hydrogen) atoms. The van der Waals surface area contributed by atoms with Gasteiger partial charge < -0.3 is 5.11 Å². The van der Waals surface area contributed by atoms with Crippen molar-refractivity contribution in [3.05, 3.63) is 34.9 Å². The van der Waals surface area contributed by atoms with Gasteiger partial charge in [-0.3, -0.25) is 9.69 Å². The van der Waals surface area contributed by atoms with Crippen LogP contribution in [-0.2, 0) is 4.79 Å². The van der Waals surface area contributed by atoms with E-state index in [0.717, 1.165) is 6.42 Å². The van der Waals surface area contributed by atoms with Gasteiger partial charge in [0.2, 0.25) is 0 Å². The first-order valence-corrected chi connectivity index (χ1v) is 6.91. The van der Waals surface area contributed by atoms with Crippen LogP contribution in [0.1, 0.15) is 49.9 Å². The smallest absolute Gasteiger partial charge is 0.317 e. The van der Waals surface area contributed by atoms with Crippen LogP contribution in [0.5, 0.6) is 0 Å². The van der Waals surface area contributed by atoms with E-state index in [4.69, 9.17) is 5.11 Å². The van der Waals surface area contributed by atoms with Crippen molar-refractivity contribution in [3.8, 4) is 0 Å². The Hall–Kier alpha value is -1.35. The van der Waals surface area contributed by atoms with Gasteiger partial charge in [0.15, 0.2) is 0 Å². The lowest BCUT2D eigenvalue weighted by atomic mass is 9.98. The highest BCUT2D eigenvalue weighted by Gasteiger charge is 2.23. The van der Waals surface area contributed by atoms with E-state index in [1.807, 2.05) is 0 Å². The molecule has 1 rings (SSSR count). The summed E-state index contributed by atoms with van der Waals surface area (Å²) in [4.78, 5) is 13.1. The van der Waals surface area contributed by atoms with Crippen LogP contribution in [0.3, 0.4) is 0 Å². The molecule has 1 aromatic carbocycles. The standard InChI is InChI=1S/C16H25NO2/c1-6-13(4)17(10-16(18)19)14(5)15-8-7-11(2)9-12(15)3/h7-9,13-14H,6,10H2,1-5H3,(H,18,19). The third kappa shape index (κ3) is 4.06. The SMILES string of the molecule is CCC(C)N(CC(=O)O)C(C)c1ccc(C)cc1C. The van der Waals surface area contributed by atoms with Gasteiger partial charge >= 0.3 is 5.97 Å². The Balaban J connectivity index is 3.03. The predicted molar refractivity (Wildman–Crippen MR) is 78.4 cm³/mol. The Bertz CT molecular complexity index is 442. The van der Waals surface area contributed by atoms with Crippen molar-refractivity contribution in [2.24, 2.45) is 0 Å². The molecule has 0 saturated heterocycles. The Labute approximate surface area is 116 Å². The number of hydrogen-bond acceptors (Lipinski definition) is 2. The summed E-state index contributed by atoms with van der Waals surface area (Å²) in [5, 5.41) is 9.10. The molecule has 0 aliphatic rings. The second kappa shape index (κ2) is 6.71. The molecule has 0 radical (unpaired) electrons. The van der Waals surface area contributed by atoms with Gasteiger partial charge in [0, 0.05) is 12.1 Å². The van der Waals surface area contributed by atoms with Crippen molar-refractivity contribution >= 4 is 5.97 Å². The lowest BCUT2D eigenvalue weighted by molar-refractivity contribution is -0.139. The first-order chi connectivity index (χ1) is 8.86. The summed E-state index contributed by atoms with van der Waals surface area (Å²) in [6, 6.07) is 6.74. The Kier molecular flexibility index (Phi) is 5.55. The predicted octanol–water partition coefficient (Wildman–Crippen LogP) is 3.55. The van der Waals surface area contributed by atoms with Gasteiger partial charge in [-0.25, -0.2) is 0 Å². The number of hydrogen-bond donors (Lipinski definition) is 1. The van der Waals surface area contributed by atoms with E-state index in [1.165, 1.54) is 16.7 Å². The van der Waals surface area contributed by atoms with Gasteiger partial charge in [0.25, 0.3) is 0 Å². The Morgan fingerprint density at radius 2 is 1.95 bits per heavy atom. The normalized spacial score (nSPS) is 14.4. The van der Waals surface area contributed by atoms with Crippen molar-refractivity contribution in [2.75, 3.05) is 6.54 Å². The highest BCUT2D eigenvalue weighted by molar-refractivity contribution is 5.69. The lowest BCUT2D eigenvalue weighted by Gasteiger charge is -2.33. The first kappa shape index (κ1) is 15.7. The van der Waals surface area contributed by atoms with Crippen LogP contribution in [0.4, 0.5) is 0 Å². The minimum absolute atomic E-state index is 0.0868. The van der Waals surface area contributed by atoms with E-state index < -0.39 is 5.97 Å². The van der Waals surface area contributed by atoms with Gasteiger partial charge in [0.1, 0.15) is 0 Å². The van der Waals surface area contributed by atoms with Crippen LogP contribution >= 0.6 is 0 Å². The molecule has 0 spiro atoms. The topological polar surface area (TPSA) is 40.5 Å². The first-order valence-electron chi connectivity index (χ1n) is 6.91. The van der Waals surface area contributed by atoms with Crippen molar-refractivity contribution in [1.29, 1.82) is 0 Å². The fraction of sp³-hybridized carbons (Fsp3) is 0.562. The monoisotopic (exact) mass is 263 g/mol. The van der Waals surface area contributed by atoms with Crippen LogP contribution in [-0.4, -0.2) is 28.6 Å². The summed E-state index contributed by atoms with van der Waals surface area (Å²) in [6.07, 6.45) is 0.947. The maximum Gasteiger partial charge on any atom is 0.317 e. The van der Waals surface area contributed by atoms with Gasteiger partial charge in [-0.2, -0.15) is 0 Å². The summed E-state index contributed by atoms with van der Waals surface area (Å²) in [5.41, 5.74) is 3.68. The minimum Gasteiger partial charge on any atom is -0.480 e. The highest BCUT2D eigenvalue weighted by Crippen LogP contribution is 2.26. The lowest BCUT2D eigenvalue weighted by Crippen LogP contribution is -2.39. The molecule has 0 aliphatic heterocycles. The quantitative estimate of drug-likeness (QED) is 0.853. The van der Waals surface area contributed by atoms with Crippen LogP contribution in [0.15, 0.2) is 18.2 Å². The molecule has 1 aromatic rings. The van der Waals surface area contributed by atoms with Crippen LogP contribution < -0.4 is 0 Å². The van der Waals surface area contributed by atoms with Gasteiger partial charge in [-0.15, -0.1) is 0 Å². The number of rotatable bonds is 6. The largest absolute Gasteiger partial charge is 0.480 e. The van der Waals surface area contributed by atoms with Crippen molar-refractivity contribution in [3.63, 3.8) is 0 Å². The fourth-order valence-corrected chi connectivity index (χ4v) is 2.54. The summed E-state index contributed by atoms with van der Waals surface area (Å²) in [5.74, 6) is -0.767.